The minimum absolute atomic E-state index is 0.0783. The zero-order valence-corrected chi connectivity index (χ0v) is 13.2. The van der Waals surface area contributed by atoms with Gasteiger partial charge >= 0.3 is 0 Å². The van der Waals surface area contributed by atoms with Gasteiger partial charge in [-0.15, -0.1) is 0 Å². The van der Waals surface area contributed by atoms with Crippen LogP contribution in [0.15, 0.2) is 29.3 Å². The highest BCUT2D eigenvalue weighted by molar-refractivity contribution is 8.14. The van der Waals surface area contributed by atoms with Crippen molar-refractivity contribution in [2.45, 2.75) is 30.4 Å². The van der Waals surface area contributed by atoms with E-state index in [0.29, 0.717) is 17.7 Å². The molecule has 0 aliphatic carbocycles. The van der Waals surface area contributed by atoms with Crippen LogP contribution in [0.5, 0.6) is 5.75 Å². The van der Waals surface area contributed by atoms with E-state index in [1.54, 1.807) is 12.3 Å². The second-order valence-electron chi connectivity index (χ2n) is 5.07. The molecule has 7 heteroatoms. The van der Waals surface area contributed by atoms with Crippen molar-refractivity contribution in [2.75, 3.05) is 13.7 Å². The molecule has 0 N–H and O–H groups in total. The Kier molecular flexibility index (Phi) is 3.86. The molecule has 3 rings (SSSR count). The number of hydrogen-bond acceptors (Lipinski definition) is 4. The van der Waals surface area contributed by atoms with E-state index in [4.69, 9.17) is 20.2 Å². The van der Waals surface area contributed by atoms with Crippen LogP contribution in [0.3, 0.4) is 0 Å². The maximum atomic E-state index is 11.8. The standard InChI is InChI=1S/C14H16ClNO4S/c1-19-12-6-2-5-11-14(12)13(21(15,17)18)9-16(11)8-10-4-3-7-20-10/h2,5-6,9-10H,3-4,7-8H2,1H3. The summed E-state index contributed by atoms with van der Waals surface area (Å²) in [4.78, 5) is 0.0783. The molecule has 1 unspecified atom stereocenters. The summed E-state index contributed by atoms with van der Waals surface area (Å²) in [7, 11) is 3.24. The number of rotatable bonds is 4. The molecule has 0 spiro atoms. The van der Waals surface area contributed by atoms with Crippen molar-refractivity contribution in [3.05, 3.63) is 24.4 Å². The highest BCUT2D eigenvalue weighted by atomic mass is 35.7. The van der Waals surface area contributed by atoms with E-state index < -0.39 is 9.05 Å². The lowest BCUT2D eigenvalue weighted by Crippen LogP contribution is -2.14. The van der Waals surface area contributed by atoms with Gasteiger partial charge < -0.3 is 14.0 Å². The normalized spacial score (nSPS) is 19.2. The van der Waals surface area contributed by atoms with E-state index in [9.17, 15) is 8.42 Å². The maximum Gasteiger partial charge on any atom is 0.263 e. The van der Waals surface area contributed by atoms with E-state index in [1.165, 1.54) is 7.11 Å². The summed E-state index contributed by atoms with van der Waals surface area (Å²) < 4.78 is 36.4. The fourth-order valence-electron chi connectivity index (χ4n) is 2.80. The van der Waals surface area contributed by atoms with Crippen LogP contribution in [0.4, 0.5) is 0 Å². The molecule has 0 saturated carbocycles. The van der Waals surface area contributed by atoms with E-state index in [-0.39, 0.29) is 11.0 Å². The van der Waals surface area contributed by atoms with Crippen molar-refractivity contribution >= 4 is 30.6 Å². The zero-order chi connectivity index (χ0) is 15.0. The smallest absolute Gasteiger partial charge is 0.263 e. The lowest BCUT2D eigenvalue weighted by atomic mass is 10.2. The molecule has 1 fully saturated rings. The quantitative estimate of drug-likeness (QED) is 0.809. The average molecular weight is 330 g/mol. The minimum atomic E-state index is -3.84. The number of hydrogen-bond donors (Lipinski definition) is 0. The highest BCUT2D eigenvalue weighted by Crippen LogP contribution is 2.35. The molecule has 2 heterocycles. The number of methoxy groups -OCH3 is 1. The van der Waals surface area contributed by atoms with E-state index >= 15 is 0 Å². The number of benzene rings is 1. The summed E-state index contributed by atoms with van der Waals surface area (Å²) in [5, 5.41) is 0.521. The molecule has 1 saturated heterocycles. The summed E-state index contributed by atoms with van der Waals surface area (Å²) in [5.74, 6) is 0.498. The SMILES string of the molecule is COc1cccc2c1c(S(=O)(=O)Cl)cn2CC1CCCO1. The van der Waals surface area contributed by atoms with Gasteiger partial charge in [-0.3, -0.25) is 0 Å². The van der Waals surface area contributed by atoms with Gasteiger partial charge in [0.1, 0.15) is 10.6 Å². The van der Waals surface area contributed by atoms with Gasteiger partial charge in [0.2, 0.25) is 0 Å². The van der Waals surface area contributed by atoms with E-state index in [1.807, 2.05) is 16.7 Å². The minimum Gasteiger partial charge on any atom is -0.496 e. The van der Waals surface area contributed by atoms with Gasteiger partial charge in [-0.05, 0) is 25.0 Å². The summed E-state index contributed by atoms with van der Waals surface area (Å²) in [6, 6.07) is 5.42. The maximum absolute atomic E-state index is 11.8. The summed E-state index contributed by atoms with van der Waals surface area (Å²) >= 11 is 0. The monoisotopic (exact) mass is 329 g/mol. The third-order valence-corrected chi connectivity index (χ3v) is 5.07. The summed E-state index contributed by atoms with van der Waals surface area (Å²) in [6.45, 7) is 1.37. The first-order valence-electron chi connectivity index (χ1n) is 6.73. The van der Waals surface area contributed by atoms with Crippen LogP contribution in [-0.2, 0) is 20.3 Å². The van der Waals surface area contributed by atoms with E-state index in [2.05, 4.69) is 0 Å². The van der Waals surface area contributed by atoms with Crippen LogP contribution >= 0.6 is 10.7 Å². The Bertz CT molecular complexity index is 763. The predicted molar refractivity (Wildman–Crippen MR) is 80.5 cm³/mol. The molecule has 0 bridgehead atoms. The molecule has 21 heavy (non-hydrogen) atoms. The highest BCUT2D eigenvalue weighted by Gasteiger charge is 2.24. The third kappa shape index (κ3) is 2.75. The molecular weight excluding hydrogens is 314 g/mol. The van der Waals surface area contributed by atoms with Crippen LogP contribution in [-0.4, -0.2) is 32.8 Å². The number of ether oxygens (including phenoxy) is 2. The van der Waals surface area contributed by atoms with Gasteiger partial charge in [-0.2, -0.15) is 0 Å². The van der Waals surface area contributed by atoms with E-state index in [0.717, 1.165) is 25.0 Å². The van der Waals surface area contributed by atoms with Crippen LogP contribution in [0.2, 0.25) is 0 Å². The van der Waals surface area contributed by atoms with Crippen molar-refractivity contribution in [1.29, 1.82) is 0 Å². The Morgan fingerprint density at radius 3 is 2.90 bits per heavy atom. The molecule has 1 aromatic heterocycles. The first kappa shape index (κ1) is 14.7. The number of aromatic nitrogens is 1. The number of fused-ring (bicyclic) bond motifs is 1. The molecule has 5 nitrogen and oxygen atoms in total. The summed E-state index contributed by atoms with van der Waals surface area (Å²) in [5.41, 5.74) is 0.782. The molecule has 1 aromatic carbocycles. The Hall–Kier alpha value is -1.24. The zero-order valence-electron chi connectivity index (χ0n) is 11.6. The Morgan fingerprint density at radius 2 is 2.29 bits per heavy atom. The van der Waals surface area contributed by atoms with Gasteiger partial charge in [0.15, 0.2) is 0 Å². The molecule has 114 valence electrons. The van der Waals surface area contributed by atoms with Gasteiger partial charge in [-0.25, -0.2) is 8.42 Å². The van der Waals surface area contributed by atoms with Crippen molar-refractivity contribution in [3.63, 3.8) is 0 Å². The third-order valence-electron chi connectivity index (χ3n) is 3.74. The van der Waals surface area contributed by atoms with Gasteiger partial charge in [0, 0.05) is 30.0 Å². The van der Waals surface area contributed by atoms with Crippen LogP contribution < -0.4 is 4.74 Å². The predicted octanol–water partition coefficient (Wildman–Crippen LogP) is 2.76. The summed E-state index contributed by atoms with van der Waals surface area (Å²) in [6.07, 6.45) is 3.69. The fourth-order valence-corrected chi connectivity index (χ4v) is 3.85. The van der Waals surface area contributed by atoms with Gasteiger partial charge in [0.25, 0.3) is 9.05 Å². The molecule has 1 aliphatic heterocycles. The van der Waals surface area contributed by atoms with Crippen molar-refractivity contribution < 1.29 is 17.9 Å². The fraction of sp³-hybridized carbons (Fsp3) is 0.429. The van der Waals surface area contributed by atoms with Crippen LogP contribution in [0, 0.1) is 0 Å². The Balaban J connectivity index is 2.17. The second kappa shape index (κ2) is 5.51. The first-order valence-corrected chi connectivity index (χ1v) is 9.04. The van der Waals surface area contributed by atoms with Crippen molar-refractivity contribution in [2.24, 2.45) is 0 Å². The molecule has 1 aliphatic rings. The first-order chi connectivity index (χ1) is 10.0. The lowest BCUT2D eigenvalue weighted by Gasteiger charge is -2.11. The van der Waals surface area contributed by atoms with Crippen molar-refractivity contribution in [3.8, 4) is 5.75 Å². The van der Waals surface area contributed by atoms with Gasteiger partial charge in [-0.1, -0.05) is 6.07 Å². The van der Waals surface area contributed by atoms with Crippen LogP contribution in [0.25, 0.3) is 10.9 Å². The molecule has 2 aromatic rings. The Labute approximate surface area is 127 Å². The molecular formula is C14H16ClNO4S. The van der Waals surface area contributed by atoms with Crippen molar-refractivity contribution in [1.82, 2.24) is 4.57 Å². The van der Waals surface area contributed by atoms with Crippen LogP contribution in [0.1, 0.15) is 12.8 Å². The topological polar surface area (TPSA) is 57.5 Å². The lowest BCUT2D eigenvalue weighted by molar-refractivity contribution is 0.0979. The molecule has 0 amide bonds. The Morgan fingerprint density at radius 1 is 1.48 bits per heavy atom. The molecule has 1 atom stereocenters. The molecule has 0 radical (unpaired) electrons. The average Bonchev–Trinajstić information content (AvgIpc) is 3.06. The largest absolute Gasteiger partial charge is 0.496 e. The van der Waals surface area contributed by atoms with Gasteiger partial charge in [0.05, 0.1) is 24.1 Å². The number of nitrogens with zero attached hydrogens (tertiary/aromatic N) is 1. The second-order valence-corrected chi connectivity index (χ2v) is 7.61. The number of halogens is 1.